The minimum atomic E-state index is -0.303. The van der Waals surface area contributed by atoms with Crippen molar-refractivity contribution < 1.29 is 0 Å². The standard InChI is InChI=1S/C38H27BN2/c1-38(26-14-5-2-6-15-26)29-20-11-22-31-35(29)39-36-30(38)21-12-23-32(36)41(28-18-9-4-10-19-28)34-25-13-24-33(37(34)39)40(31)27-16-7-3-8-17-27/h2-25H,1H3. The second-order valence-corrected chi connectivity index (χ2v) is 11.5. The highest BCUT2D eigenvalue weighted by molar-refractivity contribution is 7.01. The van der Waals surface area contributed by atoms with Gasteiger partial charge in [0.25, 0.3) is 6.71 Å². The van der Waals surface area contributed by atoms with Gasteiger partial charge in [0.15, 0.2) is 0 Å². The molecular weight excluding hydrogens is 495 g/mol. The number of hydrogen-bond donors (Lipinski definition) is 0. The lowest BCUT2D eigenvalue weighted by Crippen LogP contribution is -2.67. The van der Waals surface area contributed by atoms with Gasteiger partial charge in [-0.1, -0.05) is 97.1 Å². The van der Waals surface area contributed by atoms with Gasteiger partial charge >= 0.3 is 0 Å². The van der Waals surface area contributed by atoms with Crippen LogP contribution in [0.4, 0.5) is 34.1 Å². The molecule has 3 aliphatic heterocycles. The van der Waals surface area contributed by atoms with E-state index in [0.29, 0.717) is 0 Å². The van der Waals surface area contributed by atoms with Gasteiger partial charge in [0.2, 0.25) is 0 Å². The van der Waals surface area contributed by atoms with E-state index in [4.69, 9.17) is 0 Å². The van der Waals surface area contributed by atoms with Gasteiger partial charge in [-0.2, -0.15) is 0 Å². The Kier molecular flexibility index (Phi) is 4.58. The number of hydrogen-bond acceptors (Lipinski definition) is 2. The maximum Gasteiger partial charge on any atom is 0.252 e. The Morgan fingerprint density at radius 1 is 0.415 bits per heavy atom. The van der Waals surface area contributed by atoms with E-state index in [0.717, 1.165) is 0 Å². The highest BCUT2D eigenvalue weighted by Crippen LogP contribution is 2.50. The SMILES string of the molecule is CC1(c2ccccc2)c2cccc3c2B2c4c(cccc4N(c4ccccc4)c4cccc1c42)N3c1ccccc1. The summed E-state index contributed by atoms with van der Waals surface area (Å²) in [6.07, 6.45) is 0. The largest absolute Gasteiger partial charge is 0.311 e. The highest BCUT2D eigenvalue weighted by Gasteiger charge is 2.52. The molecule has 0 N–H and O–H groups in total. The number of para-hydroxylation sites is 2. The quantitative estimate of drug-likeness (QED) is 0.223. The molecule has 0 saturated heterocycles. The van der Waals surface area contributed by atoms with Crippen molar-refractivity contribution >= 4 is 57.2 Å². The number of benzene rings is 6. The van der Waals surface area contributed by atoms with Crippen LogP contribution in [0.1, 0.15) is 23.6 Å². The Hall–Kier alpha value is -5.02. The Morgan fingerprint density at radius 3 is 1.27 bits per heavy atom. The van der Waals surface area contributed by atoms with Crippen LogP contribution in [-0.2, 0) is 5.41 Å². The van der Waals surface area contributed by atoms with Crippen LogP contribution in [0.3, 0.4) is 0 Å². The molecule has 41 heavy (non-hydrogen) atoms. The summed E-state index contributed by atoms with van der Waals surface area (Å²) in [4.78, 5) is 4.98. The van der Waals surface area contributed by atoms with Crippen LogP contribution >= 0.6 is 0 Å². The molecule has 0 aliphatic carbocycles. The summed E-state index contributed by atoms with van der Waals surface area (Å²) < 4.78 is 0. The van der Waals surface area contributed by atoms with Crippen molar-refractivity contribution in [3.63, 3.8) is 0 Å². The summed E-state index contributed by atoms with van der Waals surface area (Å²) in [5, 5.41) is 0. The third-order valence-electron chi connectivity index (χ3n) is 9.51. The van der Waals surface area contributed by atoms with Gasteiger partial charge in [0, 0.05) is 39.5 Å². The van der Waals surface area contributed by atoms with Gasteiger partial charge in [0.1, 0.15) is 0 Å². The van der Waals surface area contributed by atoms with Crippen LogP contribution in [-0.4, -0.2) is 6.71 Å². The maximum atomic E-state index is 2.49. The number of rotatable bonds is 3. The molecule has 0 amide bonds. The van der Waals surface area contributed by atoms with Gasteiger partial charge in [-0.25, -0.2) is 0 Å². The zero-order valence-electron chi connectivity index (χ0n) is 22.8. The van der Waals surface area contributed by atoms with Crippen molar-refractivity contribution in [1.29, 1.82) is 0 Å². The predicted molar refractivity (Wildman–Crippen MR) is 172 cm³/mol. The Labute approximate surface area is 241 Å². The van der Waals surface area contributed by atoms with Crippen molar-refractivity contribution in [2.24, 2.45) is 0 Å². The van der Waals surface area contributed by atoms with Gasteiger partial charge in [-0.15, -0.1) is 0 Å². The summed E-state index contributed by atoms with van der Waals surface area (Å²) in [6, 6.07) is 53.5. The van der Waals surface area contributed by atoms with Gasteiger partial charge in [-0.05, 0) is 88.5 Å². The van der Waals surface area contributed by atoms with Crippen molar-refractivity contribution in [3.05, 3.63) is 162 Å². The van der Waals surface area contributed by atoms with Crippen LogP contribution in [0.5, 0.6) is 0 Å². The van der Waals surface area contributed by atoms with E-state index in [1.807, 2.05) is 0 Å². The van der Waals surface area contributed by atoms with Crippen molar-refractivity contribution in [2.75, 3.05) is 9.80 Å². The maximum absolute atomic E-state index is 2.49. The van der Waals surface area contributed by atoms with E-state index in [9.17, 15) is 0 Å². The fourth-order valence-corrected chi connectivity index (χ4v) is 7.83. The second-order valence-electron chi connectivity index (χ2n) is 11.5. The lowest BCUT2D eigenvalue weighted by Gasteiger charge is -2.51. The van der Waals surface area contributed by atoms with Crippen LogP contribution in [0.25, 0.3) is 0 Å². The predicted octanol–water partition coefficient (Wildman–Crippen LogP) is 7.44. The first kappa shape index (κ1) is 22.8. The lowest BCUT2D eigenvalue weighted by atomic mass is 9.28. The third-order valence-corrected chi connectivity index (χ3v) is 9.51. The van der Waals surface area contributed by atoms with Crippen molar-refractivity contribution in [2.45, 2.75) is 12.3 Å². The molecule has 192 valence electrons. The van der Waals surface area contributed by atoms with E-state index in [1.165, 1.54) is 67.2 Å². The zero-order chi connectivity index (χ0) is 27.1. The highest BCUT2D eigenvalue weighted by atomic mass is 15.2. The fraction of sp³-hybridized carbons (Fsp3) is 0.0526. The summed E-state index contributed by atoms with van der Waals surface area (Å²) >= 11 is 0. The smallest absolute Gasteiger partial charge is 0.252 e. The second kappa shape index (κ2) is 8.25. The normalized spacial score (nSPS) is 15.0. The van der Waals surface area contributed by atoms with Gasteiger partial charge < -0.3 is 9.80 Å². The first-order valence-corrected chi connectivity index (χ1v) is 14.4. The monoisotopic (exact) mass is 522 g/mol. The molecule has 0 radical (unpaired) electrons. The Balaban J connectivity index is 1.47. The average Bonchev–Trinajstić information content (AvgIpc) is 3.04. The van der Waals surface area contributed by atoms with Crippen LogP contribution in [0.15, 0.2) is 146 Å². The minimum Gasteiger partial charge on any atom is -0.311 e. The molecule has 6 aromatic rings. The number of anilines is 6. The van der Waals surface area contributed by atoms with E-state index >= 15 is 0 Å². The molecule has 0 aromatic heterocycles. The van der Waals surface area contributed by atoms with Crippen molar-refractivity contribution in [1.82, 2.24) is 0 Å². The molecule has 0 bridgehead atoms. The molecule has 0 saturated carbocycles. The summed E-state index contributed by atoms with van der Waals surface area (Å²) in [6.45, 7) is 2.59. The van der Waals surface area contributed by atoms with Crippen molar-refractivity contribution in [3.8, 4) is 0 Å². The molecule has 3 heterocycles. The molecule has 0 fully saturated rings. The minimum absolute atomic E-state index is 0.162. The van der Waals surface area contributed by atoms with Gasteiger partial charge in [0.05, 0.1) is 0 Å². The van der Waals surface area contributed by atoms with Crippen LogP contribution in [0.2, 0.25) is 0 Å². The first-order chi connectivity index (χ1) is 20.3. The lowest BCUT2D eigenvalue weighted by molar-refractivity contribution is 0.697. The van der Waals surface area contributed by atoms with Crippen LogP contribution in [0, 0.1) is 0 Å². The van der Waals surface area contributed by atoms with Gasteiger partial charge in [-0.3, -0.25) is 0 Å². The van der Waals surface area contributed by atoms with E-state index in [1.54, 1.807) is 0 Å². The van der Waals surface area contributed by atoms with E-state index in [-0.39, 0.29) is 12.1 Å². The Morgan fingerprint density at radius 2 is 0.805 bits per heavy atom. The fourth-order valence-electron chi connectivity index (χ4n) is 7.83. The topological polar surface area (TPSA) is 6.48 Å². The van der Waals surface area contributed by atoms with Crippen LogP contribution < -0.4 is 26.2 Å². The molecule has 3 heteroatoms. The molecule has 0 atom stereocenters. The average molecular weight is 522 g/mol. The summed E-state index contributed by atoms with van der Waals surface area (Å²) in [7, 11) is 0. The zero-order valence-corrected chi connectivity index (χ0v) is 22.8. The third kappa shape index (κ3) is 2.88. The molecule has 3 aliphatic rings. The van der Waals surface area contributed by atoms with E-state index in [2.05, 4.69) is 162 Å². The van der Waals surface area contributed by atoms with E-state index < -0.39 is 0 Å². The molecule has 9 rings (SSSR count). The Bertz CT molecular complexity index is 1850. The molecule has 2 nitrogen and oxygen atoms in total. The molecule has 0 spiro atoms. The summed E-state index contributed by atoms with van der Waals surface area (Å²) in [5.74, 6) is 0. The molecular formula is C38H27BN2. The first-order valence-electron chi connectivity index (χ1n) is 14.4. The summed E-state index contributed by atoms with van der Waals surface area (Å²) in [5.41, 5.74) is 15.5. The molecule has 6 aromatic carbocycles. The number of nitrogens with zero attached hydrogens (tertiary/aromatic N) is 2. The molecule has 0 unspecified atom stereocenters.